The molecule has 2 heterocycles. The molecule has 4 rings (SSSR count). The van der Waals surface area contributed by atoms with Gasteiger partial charge in [0, 0.05) is 6.42 Å². The lowest BCUT2D eigenvalue weighted by Gasteiger charge is -2.37. The number of hydrogen-bond acceptors (Lipinski definition) is 5. The standard InChI is InChI=1S/C24H32N6O/c1-3-4-12-22(24-25-26-27-30(24)19-20-10-6-5-7-11-20)29-17-15-28(16-18-29)21-13-8-9-14-23(21)31-2/h5-11,13-14,22H,3-4,12,15-19H2,1-2H3/p+1/t22-/m1/s1. The van der Waals surface area contributed by atoms with Gasteiger partial charge in [0.25, 0.3) is 0 Å². The van der Waals surface area contributed by atoms with E-state index in [1.807, 2.05) is 22.9 Å². The Balaban J connectivity index is 1.49. The Labute approximate surface area is 184 Å². The number of tetrazole rings is 1. The van der Waals surface area contributed by atoms with Crippen molar-refractivity contribution in [2.75, 3.05) is 38.2 Å². The second-order valence-corrected chi connectivity index (χ2v) is 8.19. The van der Waals surface area contributed by atoms with Gasteiger partial charge in [0.05, 0.1) is 45.5 Å². The third kappa shape index (κ3) is 5.05. The fraction of sp³-hybridized carbons (Fsp3) is 0.458. The summed E-state index contributed by atoms with van der Waals surface area (Å²) < 4.78 is 7.57. The second-order valence-electron chi connectivity index (χ2n) is 8.19. The molecule has 1 aliphatic heterocycles. The van der Waals surface area contributed by atoms with Crippen LogP contribution in [0.5, 0.6) is 5.75 Å². The first-order valence-electron chi connectivity index (χ1n) is 11.3. The molecule has 0 radical (unpaired) electrons. The molecule has 0 saturated carbocycles. The van der Waals surface area contributed by atoms with Crippen molar-refractivity contribution >= 4 is 5.69 Å². The van der Waals surface area contributed by atoms with Crippen molar-refractivity contribution in [1.82, 2.24) is 20.2 Å². The van der Waals surface area contributed by atoms with Crippen molar-refractivity contribution in [3.63, 3.8) is 0 Å². The maximum absolute atomic E-state index is 5.58. The minimum atomic E-state index is 0.318. The number of unbranched alkanes of at least 4 members (excludes halogenated alkanes) is 1. The van der Waals surface area contributed by atoms with E-state index >= 15 is 0 Å². The van der Waals surface area contributed by atoms with E-state index in [4.69, 9.17) is 4.74 Å². The Hall–Kier alpha value is -2.93. The summed E-state index contributed by atoms with van der Waals surface area (Å²) in [5, 5.41) is 12.9. The first kappa shape index (κ1) is 21.3. The molecule has 1 N–H and O–H groups in total. The number of nitrogens with zero attached hydrogens (tertiary/aromatic N) is 5. The van der Waals surface area contributed by atoms with Crippen molar-refractivity contribution in [2.24, 2.45) is 0 Å². The molecule has 0 spiro atoms. The minimum absolute atomic E-state index is 0.318. The average molecular weight is 422 g/mol. The molecule has 31 heavy (non-hydrogen) atoms. The van der Waals surface area contributed by atoms with Gasteiger partial charge in [-0.05, 0) is 34.5 Å². The zero-order valence-electron chi connectivity index (χ0n) is 18.6. The van der Waals surface area contributed by atoms with Crippen molar-refractivity contribution in [2.45, 2.75) is 38.8 Å². The number of methoxy groups -OCH3 is 1. The van der Waals surface area contributed by atoms with Gasteiger partial charge in [0.2, 0.25) is 5.82 Å². The Kier molecular flexibility index (Phi) is 7.14. The molecular weight excluding hydrogens is 388 g/mol. The van der Waals surface area contributed by atoms with Crippen LogP contribution in [0, 0.1) is 0 Å². The first-order chi connectivity index (χ1) is 15.3. The van der Waals surface area contributed by atoms with Crippen molar-refractivity contribution in [3.8, 4) is 5.75 Å². The minimum Gasteiger partial charge on any atom is -0.495 e. The van der Waals surface area contributed by atoms with Crippen molar-refractivity contribution in [3.05, 3.63) is 66.0 Å². The predicted octanol–water partition coefficient (Wildman–Crippen LogP) is 2.37. The van der Waals surface area contributed by atoms with Crippen molar-refractivity contribution in [1.29, 1.82) is 0 Å². The highest BCUT2D eigenvalue weighted by Gasteiger charge is 2.32. The van der Waals surface area contributed by atoms with Crippen molar-refractivity contribution < 1.29 is 9.64 Å². The van der Waals surface area contributed by atoms with Crippen LogP contribution in [0.2, 0.25) is 0 Å². The molecule has 7 heteroatoms. The molecule has 164 valence electrons. The Bertz CT molecular complexity index is 936. The molecule has 0 bridgehead atoms. The first-order valence-corrected chi connectivity index (χ1v) is 11.3. The summed E-state index contributed by atoms with van der Waals surface area (Å²) in [7, 11) is 1.74. The van der Waals surface area contributed by atoms with Crippen LogP contribution in [-0.4, -0.2) is 53.5 Å². The number of anilines is 1. The molecule has 1 fully saturated rings. The summed E-state index contributed by atoms with van der Waals surface area (Å²) in [4.78, 5) is 4.01. The Morgan fingerprint density at radius 1 is 1.03 bits per heavy atom. The van der Waals surface area contributed by atoms with Gasteiger partial charge in [-0.2, -0.15) is 0 Å². The number of nitrogens with one attached hydrogen (secondary N) is 1. The molecule has 1 saturated heterocycles. The van der Waals surface area contributed by atoms with Crippen LogP contribution in [0.1, 0.15) is 43.6 Å². The Morgan fingerprint density at radius 2 is 1.77 bits per heavy atom. The van der Waals surface area contributed by atoms with Crippen LogP contribution < -0.4 is 14.5 Å². The van der Waals surface area contributed by atoms with Gasteiger partial charge in [0.1, 0.15) is 11.8 Å². The van der Waals surface area contributed by atoms with E-state index in [9.17, 15) is 0 Å². The fourth-order valence-electron chi connectivity index (χ4n) is 4.53. The maximum atomic E-state index is 5.58. The normalized spacial score (nSPS) is 15.7. The van der Waals surface area contributed by atoms with Gasteiger partial charge in [-0.25, -0.2) is 4.68 Å². The molecule has 0 unspecified atom stereocenters. The lowest BCUT2D eigenvalue weighted by atomic mass is 10.1. The molecular formula is C24H33N6O+. The van der Waals surface area contributed by atoms with Crippen LogP contribution in [0.3, 0.4) is 0 Å². The molecule has 1 atom stereocenters. The lowest BCUT2D eigenvalue weighted by Crippen LogP contribution is -3.15. The summed E-state index contributed by atoms with van der Waals surface area (Å²) in [5.74, 6) is 1.96. The number of quaternary nitrogens is 1. The van der Waals surface area contributed by atoms with E-state index in [1.165, 1.54) is 24.1 Å². The fourth-order valence-corrected chi connectivity index (χ4v) is 4.53. The number of hydrogen-bond donors (Lipinski definition) is 1. The third-order valence-corrected chi connectivity index (χ3v) is 6.22. The number of rotatable bonds is 9. The molecule has 3 aromatic rings. The smallest absolute Gasteiger partial charge is 0.209 e. The van der Waals surface area contributed by atoms with E-state index < -0.39 is 0 Å². The average Bonchev–Trinajstić information content (AvgIpc) is 3.28. The molecule has 2 aromatic carbocycles. The largest absolute Gasteiger partial charge is 0.495 e. The molecule has 0 amide bonds. The van der Waals surface area contributed by atoms with Gasteiger partial charge in [-0.3, -0.25) is 0 Å². The SMILES string of the molecule is CCCC[C@H](c1nnnn1Cc1ccccc1)[NH+]1CCN(c2ccccc2OC)CC1. The lowest BCUT2D eigenvalue weighted by molar-refractivity contribution is -0.933. The predicted molar refractivity (Wildman–Crippen MR) is 122 cm³/mol. The number of piperazine rings is 1. The number of benzene rings is 2. The molecule has 7 nitrogen and oxygen atoms in total. The van der Waals surface area contributed by atoms with Gasteiger partial charge < -0.3 is 14.5 Å². The summed E-state index contributed by atoms with van der Waals surface area (Å²) >= 11 is 0. The maximum Gasteiger partial charge on any atom is 0.209 e. The highest BCUT2D eigenvalue weighted by atomic mass is 16.5. The summed E-state index contributed by atoms with van der Waals surface area (Å²) in [6.07, 6.45) is 3.47. The second kappa shape index (κ2) is 10.4. The third-order valence-electron chi connectivity index (χ3n) is 6.22. The zero-order valence-corrected chi connectivity index (χ0v) is 18.6. The molecule has 1 aliphatic rings. The van der Waals surface area contributed by atoms with Gasteiger partial charge in [-0.1, -0.05) is 55.8 Å². The van der Waals surface area contributed by atoms with Crippen LogP contribution in [-0.2, 0) is 6.54 Å². The van der Waals surface area contributed by atoms with E-state index in [1.54, 1.807) is 12.0 Å². The van der Waals surface area contributed by atoms with Crippen LogP contribution >= 0.6 is 0 Å². The van der Waals surface area contributed by atoms with Crippen LogP contribution in [0.4, 0.5) is 5.69 Å². The van der Waals surface area contributed by atoms with Gasteiger partial charge in [-0.15, -0.1) is 5.10 Å². The molecule has 1 aromatic heterocycles. The topological polar surface area (TPSA) is 60.5 Å². The van der Waals surface area contributed by atoms with Gasteiger partial charge in [0.15, 0.2) is 0 Å². The number of para-hydroxylation sites is 2. The van der Waals surface area contributed by atoms with E-state index in [2.05, 4.69) is 63.7 Å². The summed E-state index contributed by atoms with van der Waals surface area (Å²) in [6.45, 7) is 7.08. The highest BCUT2D eigenvalue weighted by molar-refractivity contribution is 5.58. The quantitative estimate of drug-likeness (QED) is 0.575. The van der Waals surface area contributed by atoms with E-state index in [-0.39, 0.29) is 0 Å². The summed E-state index contributed by atoms with van der Waals surface area (Å²) in [5.41, 5.74) is 2.41. The van der Waals surface area contributed by atoms with Crippen LogP contribution in [0.15, 0.2) is 54.6 Å². The van der Waals surface area contributed by atoms with Gasteiger partial charge >= 0.3 is 0 Å². The van der Waals surface area contributed by atoms with Crippen LogP contribution in [0.25, 0.3) is 0 Å². The highest BCUT2D eigenvalue weighted by Crippen LogP contribution is 2.27. The zero-order chi connectivity index (χ0) is 21.5. The van der Waals surface area contributed by atoms with E-state index in [0.29, 0.717) is 12.6 Å². The summed E-state index contributed by atoms with van der Waals surface area (Å²) in [6, 6.07) is 19.0. The molecule has 0 aliphatic carbocycles. The Morgan fingerprint density at radius 3 is 2.52 bits per heavy atom. The monoisotopic (exact) mass is 421 g/mol. The van der Waals surface area contributed by atoms with E-state index in [0.717, 1.165) is 44.2 Å². The number of aromatic nitrogens is 4. The number of ether oxygens (including phenoxy) is 1.